The molecule has 4 rings (SSSR count). The second kappa shape index (κ2) is 8.05. The van der Waals surface area contributed by atoms with Crippen molar-refractivity contribution in [2.45, 2.75) is 17.5 Å². The lowest BCUT2D eigenvalue weighted by Gasteiger charge is -2.22. The highest BCUT2D eigenvalue weighted by Crippen LogP contribution is 2.48. The van der Waals surface area contributed by atoms with E-state index in [2.05, 4.69) is 4.98 Å². The van der Waals surface area contributed by atoms with Crippen molar-refractivity contribution in [3.8, 4) is 11.3 Å². The van der Waals surface area contributed by atoms with E-state index in [1.165, 1.54) is 23.1 Å². The Morgan fingerprint density at radius 2 is 1.68 bits per heavy atom. The summed E-state index contributed by atoms with van der Waals surface area (Å²) in [5, 5.41) is 4.14. The first-order valence-corrected chi connectivity index (χ1v) is 11.5. The van der Waals surface area contributed by atoms with Gasteiger partial charge in [0.25, 0.3) is 0 Å². The van der Waals surface area contributed by atoms with Crippen molar-refractivity contribution in [2.24, 2.45) is 0 Å². The van der Waals surface area contributed by atoms with Gasteiger partial charge in [-0.15, -0.1) is 23.1 Å². The molecule has 1 saturated heterocycles. The SMILES string of the molecule is C[C@H]1S[C@@H](c2ccc(Cl)cc2Cl)N(c2nc(-c3ccc(Cl)cc3Cl)cs2)C1=O. The van der Waals surface area contributed by atoms with Crippen molar-refractivity contribution in [1.82, 2.24) is 4.98 Å². The second-order valence-corrected chi connectivity index (χ2v) is 10.1. The van der Waals surface area contributed by atoms with Crippen LogP contribution in [-0.4, -0.2) is 16.1 Å². The Labute approximate surface area is 190 Å². The molecule has 0 spiro atoms. The van der Waals surface area contributed by atoms with Gasteiger partial charge in [0.15, 0.2) is 5.13 Å². The van der Waals surface area contributed by atoms with Crippen molar-refractivity contribution >= 4 is 80.5 Å². The molecule has 1 fully saturated rings. The van der Waals surface area contributed by atoms with Gasteiger partial charge >= 0.3 is 0 Å². The van der Waals surface area contributed by atoms with Gasteiger partial charge in [-0.2, -0.15) is 0 Å². The Hall–Kier alpha value is -0.950. The summed E-state index contributed by atoms with van der Waals surface area (Å²) in [7, 11) is 0. The number of carbonyl (C=O) groups excluding carboxylic acids is 1. The second-order valence-electron chi connectivity index (χ2n) is 6.14. The van der Waals surface area contributed by atoms with Crippen LogP contribution >= 0.6 is 69.5 Å². The third-order valence-corrected chi connectivity index (χ3v) is 7.57. The summed E-state index contributed by atoms with van der Waals surface area (Å²) in [5.41, 5.74) is 2.29. The van der Waals surface area contributed by atoms with E-state index in [1.54, 1.807) is 29.2 Å². The average molecular weight is 490 g/mol. The van der Waals surface area contributed by atoms with Crippen molar-refractivity contribution in [2.75, 3.05) is 4.90 Å². The maximum atomic E-state index is 12.9. The molecule has 1 aliphatic rings. The van der Waals surface area contributed by atoms with E-state index in [4.69, 9.17) is 46.4 Å². The maximum Gasteiger partial charge on any atom is 0.242 e. The van der Waals surface area contributed by atoms with E-state index < -0.39 is 0 Å². The van der Waals surface area contributed by atoms with Crippen LogP contribution in [0, 0.1) is 0 Å². The topological polar surface area (TPSA) is 33.2 Å². The summed E-state index contributed by atoms with van der Waals surface area (Å²) in [6, 6.07) is 10.6. The molecule has 3 nitrogen and oxygen atoms in total. The van der Waals surface area contributed by atoms with Crippen molar-refractivity contribution in [3.63, 3.8) is 0 Å². The van der Waals surface area contributed by atoms with Crippen LogP contribution in [0.15, 0.2) is 41.8 Å². The first-order chi connectivity index (χ1) is 13.3. The molecule has 2 heterocycles. The average Bonchev–Trinajstić information content (AvgIpc) is 3.20. The summed E-state index contributed by atoms with van der Waals surface area (Å²) >= 11 is 27.7. The zero-order valence-corrected chi connectivity index (χ0v) is 19.0. The minimum absolute atomic E-state index is 0.0101. The minimum Gasteiger partial charge on any atom is -0.273 e. The van der Waals surface area contributed by atoms with Crippen molar-refractivity contribution < 1.29 is 4.79 Å². The summed E-state index contributed by atoms with van der Waals surface area (Å²) in [6.07, 6.45) is 0. The highest BCUT2D eigenvalue weighted by Gasteiger charge is 2.41. The predicted octanol–water partition coefficient (Wildman–Crippen LogP) is 7.59. The van der Waals surface area contributed by atoms with E-state index in [1.807, 2.05) is 24.4 Å². The minimum atomic E-state index is -0.271. The van der Waals surface area contributed by atoms with Gasteiger partial charge in [-0.1, -0.05) is 52.5 Å². The predicted molar refractivity (Wildman–Crippen MR) is 121 cm³/mol. The van der Waals surface area contributed by atoms with Gasteiger partial charge in [-0.3, -0.25) is 9.69 Å². The fourth-order valence-electron chi connectivity index (χ4n) is 2.93. The Morgan fingerprint density at radius 1 is 1.00 bits per heavy atom. The number of aromatic nitrogens is 1. The molecule has 1 aliphatic heterocycles. The number of anilines is 1. The molecule has 0 N–H and O–H groups in total. The molecule has 0 saturated carbocycles. The van der Waals surface area contributed by atoms with Gasteiger partial charge in [-0.25, -0.2) is 4.98 Å². The molecule has 3 aromatic rings. The number of hydrogen-bond donors (Lipinski definition) is 0. The molecule has 2 atom stereocenters. The van der Waals surface area contributed by atoms with Crippen LogP contribution in [0.5, 0.6) is 0 Å². The molecular weight excluding hydrogens is 478 g/mol. The van der Waals surface area contributed by atoms with Crippen molar-refractivity contribution in [1.29, 1.82) is 0 Å². The van der Waals surface area contributed by atoms with Crippen LogP contribution < -0.4 is 4.90 Å². The summed E-state index contributed by atoms with van der Waals surface area (Å²) in [5.74, 6) is -0.0101. The zero-order valence-electron chi connectivity index (χ0n) is 14.3. The molecule has 1 aromatic heterocycles. The summed E-state index contributed by atoms with van der Waals surface area (Å²) in [6.45, 7) is 1.88. The normalized spacial score (nSPS) is 19.5. The van der Waals surface area contributed by atoms with Gasteiger partial charge in [-0.05, 0) is 37.3 Å². The third-order valence-electron chi connectivity index (χ3n) is 4.29. The van der Waals surface area contributed by atoms with Crippen LogP contribution in [0.1, 0.15) is 17.9 Å². The number of hydrogen-bond acceptors (Lipinski definition) is 4. The highest BCUT2D eigenvalue weighted by atomic mass is 35.5. The Bertz CT molecular complexity index is 1070. The van der Waals surface area contributed by atoms with Crippen LogP contribution in [0.2, 0.25) is 20.1 Å². The molecule has 28 heavy (non-hydrogen) atoms. The first-order valence-electron chi connectivity index (χ1n) is 8.19. The Kier molecular flexibility index (Phi) is 5.85. The van der Waals surface area contributed by atoms with Gasteiger partial charge in [0.1, 0.15) is 5.37 Å². The molecule has 9 heteroatoms. The molecule has 2 aromatic carbocycles. The zero-order chi connectivity index (χ0) is 20.0. The number of nitrogens with zero attached hydrogens (tertiary/aromatic N) is 2. The van der Waals surface area contributed by atoms with Crippen LogP contribution in [0.25, 0.3) is 11.3 Å². The lowest BCUT2D eigenvalue weighted by Crippen LogP contribution is -2.30. The smallest absolute Gasteiger partial charge is 0.242 e. The Balaban J connectivity index is 1.74. The molecule has 0 unspecified atom stereocenters. The van der Waals surface area contributed by atoms with E-state index in [-0.39, 0.29) is 16.5 Å². The quantitative estimate of drug-likeness (QED) is 0.379. The molecule has 144 valence electrons. The van der Waals surface area contributed by atoms with Gasteiger partial charge in [0.2, 0.25) is 5.91 Å². The first kappa shape index (κ1) is 20.3. The molecule has 0 radical (unpaired) electrons. The van der Waals surface area contributed by atoms with E-state index in [0.29, 0.717) is 30.9 Å². The number of rotatable bonds is 3. The third kappa shape index (κ3) is 3.76. The van der Waals surface area contributed by atoms with E-state index in [0.717, 1.165) is 11.1 Å². The van der Waals surface area contributed by atoms with Gasteiger partial charge < -0.3 is 0 Å². The maximum absolute atomic E-state index is 12.9. The van der Waals surface area contributed by atoms with E-state index in [9.17, 15) is 4.79 Å². The number of carbonyl (C=O) groups is 1. The van der Waals surface area contributed by atoms with Gasteiger partial charge in [0.05, 0.1) is 16.0 Å². The van der Waals surface area contributed by atoms with Gasteiger partial charge in [0, 0.05) is 31.6 Å². The summed E-state index contributed by atoms with van der Waals surface area (Å²) in [4.78, 5) is 19.3. The summed E-state index contributed by atoms with van der Waals surface area (Å²) < 4.78 is 0. The largest absolute Gasteiger partial charge is 0.273 e. The highest BCUT2D eigenvalue weighted by molar-refractivity contribution is 8.01. The number of thiazole rings is 1. The van der Waals surface area contributed by atoms with E-state index >= 15 is 0 Å². The van der Waals surface area contributed by atoms with Crippen LogP contribution in [0.3, 0.4) is 0 Å². The van der Waals surface area contributed by atoms with Crippen LogP contribution in [0.4, 0.5) is 5.13 Å². The Morgan fingerprint density at radius 3 is 2.36 bits per heavy atom. The lowest BCUT2D eigenvalue weighted by molar-refractivity contribution is -0.117. The lowest BCUT2D eigenvalue weighted by atomic mass is 10.2. The number of benzene rings is 2. The number of thioether (sulfide) groups is 1. The number of halogens is 4. The number of amides is 1. The fourth-order valence-corrected chi connectivity index (χ4v) is 6.23. The molecule has 0 aliphatic carbocycles. The van der Waals surface area contributed by atoms with Crippen molar-refractivity contribution in [3.05, 3.63) is 67.4 Å². The standard InChI is InChI=1S/C19H12Cl4N2OS2/c1-9-17(26)25(18(28-9)13-5-3-11(21)7-15(13)23)19-24-16(8-27-19)12-4-2-10(20)6-14(12)22/h2-9,18H,1H3/t9-,18+/m1/s1. The van der Waals surface area contributed by atoms with Crippen LogP contribution in [-0.2, 0) is 4.79 Å². The molecule has 1 amide bonds. The molecule has 0 bridgehead atoms. The molecular formula is C19H12Cl4N2OS2. The monoisotopic (exact) mass is 488 g/mol. The fraction of sp³-hybridized carbons (Fsp3) is 0.158.